The molecule has 0 aliphatic heterocycles. The van der Waals surface area contributed by atoms with Gasteiger partial charge in [-0.05, 0) is 79.9 Å². The van der Waals surface area contributed by atoms with Gasteiger partial charge < -0.3 is 4.74 Å². The normalized spacial score (nSPS) is 27.6. The second kappa shape index (κ2) is 12.5. The number of hydrogen-bond donors (Lipinski definition) is 0. The Labute approximate surface area is 182 Å². The molecule has 2 fully saturated rings. The summed E-state index contributed by atoms with van der Waals surface area (Å²) in [6.07, 6.45) is 22.4. The smallest absolute Gasteiger partial charge is 0.387 e. The van der Waals surface area contributed by atoms with Gasteiger partial charge in [0.2, 0.25) is 0 Å². The third-order valence-corrected chi connectivity index (χ3v) is 7.43. The number of benzene rings is 1. The number of allylic oxidation sites excluding steroid dienone is 2. The monoisotopic (exact) mass is 418 g/mol. The number of halogens is 2. The fourth-order valence-electron chi connectivity index (χ4n) is 5.49. The van der Waals surface area contributed by atoms with Crippen molar-refractivity contribution in [1.29, 1.82) is 0 Å². The molecule has 2 saturated carbocycles. The van der Waals surface area contributed by atoms with Crippen molar-refractivity contribution < 1.29 is 13.5 Å². The minimum atomic E-state index is -2.75. The molecule has 1 nitrogen and oxygen atoms in total. The van der Waals surface area contributed by atoms with Crippen LogP contribution in [0.5, 0.6) is 5.75 Å². The second-order valence-corrected chi connectivity index (χ2v) is 9.59. The quantitative estimate of drug-likeness (QED) is 0.345. The van der Waals surface area contributed by atoms with Gasteiger partial charge >= 0.3 is 6.61 Å². The molecule has 2 aliphatic rings. The van der Waals surface area contributed by atoms with E-state index in [0.29, 0.717) is 11.8 Å². The van der Waals surface area contributed by atoms with Crippen LogP contribution in [0.25, 0.3) is 0 Å². The van der Waals surface area contributed by atoms with E-state index in [2.05, 4.69) is 23.8 Å². The van der Waals surface area contributed by atoms with Gasteiger partial charge in [0, 0.05) is 0 Å². The molecule has 0 radical (unpaired) electrons. The summed E-state index contributed by atoms with van der Waals surface area (Å²) in [5.74, 6) is 3.49. The Bertz CT molecular complexity index is 608. The van der Waals surface area contributed by atoms with Gasteiger partial charge in [-0.2, -0.15) is 8.78 Å². The molecule has 0 N–H and O–H groups in total. The highest BCUT2D eigenvalue weighted by atomic mass is 19.3. The highest BCUT2D eigenvalue weighted by molar-refractivity contribution is 5.29. The van der Waals surface area contributed by atoms with E-state index in [1.54, 1.807) is 12.1 Å². The lowest BCUT2D eigenvalue weighted by atomic mass is 9.77. The third kappa shape index (κ3) is 7.71. The van der Waals surface area contributed by atoms with Gasteiger partial charge in [0.05, 0.1) is 0 Å². The van der Waals surface area contributed by atoms with Crippen LogP contribution in [0.3, 0.4) is 0 Å². The van der Waals surface area contributed by atoms with Crippen LogP contribution in [-0.2, 0) is 0 Å². The fraction of sp³-hybridized carbons (Fsp3) is 0.704. The summed E-state index contributed by atoms with van der Waals surface area (Å²) in [5, 5.41) is 0. The van der Waals surface area contributed by atoms with Gasteiger partial charge in [-0.1, -0.05) is 76.2 Å². The van der Waals surface area contributed by atoms with Crippen LogP contribution in [0.2, 0.25) is 0 Å². The maximum atomic E-state index is 12.3. The summed E-state index contributed by atoms with van der Waals surface area (Å²) in [7, 11) is 0. The van der Waals surface area contributed by atoms with E-state index in [-0.39, 0.29) is 5.75 Å². The zero-order valence-corrected chi connectivity index (χ0v) is 18.7. The lowest BCUT2D eigenvalue weighted by Gasteiger charge is -2.28. The predicted molar refractivity (Wildman–Crippen MR) is 121 cm³/mol. The van der Waals surface area contributed by atoms with E-state index >= 15 is 0 Å². The van der Waals surface area contributed by atoms with Crippen LogP contribution < -0.4 is 4.74 Å². The summed E-state index contributed by atoms with van der Waals surface area (Å²) in [4.78, 5) is 0. The molecule has 0 heterocycles. The molecule has 0 spiro atoms. The van der Waals surface area contributed by atoms with E-state index in [9.17, 15) is 8.78 Å². The summed E-state index contributed by atoms with van der Waals surface area (Å²) in [5.41, 5.74) is 1.26. The molecule has 0 aromatic heterocycles. The Morgan fingerprint density at radius 3 is 2.13 bits per heavy atom. The molecule has 0 unspecified atom stereocenters. The molecule has 2 aliphatic carbocycles. The fourth-order valence-corrected chi connectivity index (χ4v) is 5.49. The van der Waals surface area contributed by atoms with Gasteiger partial charge in [-0.15, -0.1) is 0 Å². The van der Waals surface area contributed by atoms with Gasteiger partial charge in [-0.25, -0.2) is 0 Å². The molecule has 1 aromatic rings. The molecular formula is C27H40F2O. The Morgan fingerprint density at radius 1 is 0.900 bits per heavy atom. The average Bonchev–Trinajstić information content (AvgIpc) is 2.77. The molecule has 3 heteroatoms. The van der Waals surface area contributed by atoms with Crippen molar-refractivity contribution in [3.8, 4) is 5.75 Å². The summed E-state index contributed by atoms with van der Waals surface area (Å²) in [6, 6.07) is 7.25. The topological polar surface area (TPSA) is 9.23 Å². The van der Waals surface area contributed by atoms with E-state index in [1.807, 2.05) is 12.1 Å². The minimum Gasteiger partial charge on any atom is -0.435 e. The summed E-state index contributed by atoms with van der Waals surface area (Å²) in [6.45, 7) is -0.449. The lowest BCUT2D eigenvalue weighted by Crippen LogP contribution is -2.14. The van der Waals surface area contributed by atoms with Crippen LogP contribution in [0.1, 0.15) is 102 Å². The lowest BCUT2D eigenvalue weighted by molar-refractivity contribution is -0.0498. The molecule has 30 heavy (non-hydrogen) atoms. The Hall–Kier alpha value is -1.38. The first-order chi connectivity index (χ1) is 14.6. The van der Waals surface area contributed by atoms with Gasteiger partial charge in [0.25, 0.3) is 0 Å². The van der Waals surface area contributed by atoms with Crippen LogP contribution in [0.4, 0.5) is 8.78 Å². The molecular weight excluding hydrogens is 378 g/mol. The largest absolute Gasteiger partial charge is 0.435 e. The first kappa shape index (κ1) is 23.3. The summed E-state index contributed by atoms with van der Waals surface area (Å²) < 4.78 is 29.0. The van der Waals surface area contributed by atoms with Crippen molar-refractivity contribution in [1.82, 2.24) is 0 Å². The van der Waals surface area contributed by atoms with Crippen molar-refractivity contribution in [3.63, 3.8) is 0 Å². The molecule has 0 saturated heterocycles. The highest BCUT2D eigenvalue weighted by Crippen LogP contribution is 2.37. The van der Waals surface area contributed by atoms with Crippen LogP contribution in [-0.4, -0.2) is 6.61 Å². The average molecular weight is 419 g/mol. The molecule has 1 aromatic carbocycles. The maximum absolute atomic E-state index is 12.3. The van der Waals surface area contributed by atoms with Gasteiger partial charge in [0.15, 0.2) is 0 Å². The first-order valence-corrected chi connectivity index (χ1v) is 12.4. The van der Waals surface area contributed by atoms with E-state index in [4.69, 9.17) is 0 Å². The number of alkyl halides is 2. The number of unbranched alkanes of at least 4 members (excludes halogenated alkanes) is 1. The summed E-state index contributed by atoms with van der Waals surface area (Å²) >= 11 is 0. The van der Waals surface area contributed by atoms with Crippen LogP contribution in [0.15, 0.2) is 36.4 Å². The van der Waals surface area contributed by atoms with Gasteiger partial charge in [0.1, 0.15) is 5.75 Å². The molecule has 168 valence electrons. The number of ether oxygens (including phenoxy) is 1. The number of hydrogen-bond acceptors (Lipinski definition) is 1. The molecule has 0 atom stereocenters. The first-order valence-electron chi connectivity index (χ1n) is 12.4. The molecule has 0 amide bonds. The highest BCUT2D eigenvalue weighted by Gasteiger charge is 2.22. The van der Waals surface area contributed by atoms with Crippen molar-refractivity contribution in [2.24, 2.45) is 17.8 Å². The standard InChI is InChI=1S/C27H40F2O/c1-2-3-6-21-9-11-22(12-10-21)7-4-5-8-23-13-15-24(16-14-23)25-17-19-26(20-18-25)30-27(28)29/h5,8,17-24,27H,2-4,6-7,9-16H2,1H3/b8-5+. The minimum absolute atomic E-state index is 0.250. The zero-order valence-electron chi connectivity index (χ0n) is 18.7. The van der Waals surface area contributed by atoms with E-state index in [1.165, 1.54) is 89.0 Å². The zero-order chi connectivity index (χ0) is 21.2. The van der Waals surface area contributed by atoms with Crippen molar-refractivity contribution in [3.05, 3.63) is 42.0 Å². The Kier molecular flexibility index (Phi) is 9.68. The SMILES string of the molecule is CCCCC1CCC(CC/C=C/C2CCC(c3ccc(OC(F)F)cc3)CC2)CC1. The second-order valence-electron chi connectivity index (χ2n) is 9.59. The van der Waals surface area contributed by atoms with Crippen molar-refractivity contribution in [2.45, 2.75) is 103 Å². The Balaban J connectivity index is 1.31. The van der Waals surface area contributed by atoms with Crippen LogP contribution >= 0.6 is 0 Å². The third-order valence-electron chi connectivity index (χ3n) is 7.43. The predicted octanol–water partition coefficient (Wildman–Crippen LogP) is 8.89. The number of rotatable bonds is 10. The van der Waals surface area contributed by atoms with Gasteiger partial charge in [-0.3, -0.25) is 0 Å². The van der Waals surface area contributed by atoms with Crippen molar-refractivity contribution in [2.75, 3.05) is 0 Å². The molecule has 3 rings (SSSR count). The van der Waals surface area contributed by atoms with E-state index in [0.717, 1.165) is 11.8 Å². The molecule has 0 bridgehead atoms. The van der Waals surface area contributed by atoms with Crippen molar-refractivity contribution >= 4 is 0 Å². The Morgan fingerprint density at radius 2 is 1.53 bits per heavy atom. The van der Waals surface area contributed by atoms with E-state index < -0.39 is 6.61 Å². The maximum Gasteiger partial charge on any atom is 0.387 e. The van der Waals surface area contributed by atoms with Crippen LogP contribution in [0, 0.1) is 17.8 Å².